The first-order chi connectivity index (χ1) is 12.7. The van der Waals surface area contributed by atoms with Gasteiger partial charge in [0.25, 0.3) is 0 Å². The quantitative estimate of drug-likeness (QED) is 0.728. The highest BCUT2D eigenvalue weighted by atomic mass is 15.3. The van der Waals surface area contributed by atoms with Gasteiger partial charge in [-0.25, -0.2) is 4.98 Å². The Hall–Kier alpha value is -2.94. The van der Waals surface area contributed by atoms with E-state index in [4.69, 9.17) is 0 Å². The van der Waals surface area contributed by atoms with Crippen LogP contribution in [0.1, 0.15) is 29.5 Å². The Morgan fingerprint density at radius 1 is 1.31 bits per heavy atom. The van der Waals surface area contributed by atoms with E-state index in [0.717, 1.165) is 48.2 Å². The molecule has 3 heterocycles. The molecule has 1 saturated heterocycles. The molecule has 1 aliphatic rings. The number of fused-ring (bicyclic) bond motifs is 1. The van der Waals surface area contributed by atoms with Gasteiger partial charge < -0.3 is 4.90 Å². The standard InChI is InChI=1S/C20H22N6/c1-14-6-15(2)19-18(7-14)20(17(8-21)9-23-19)25-5-3-4-16(10-25)11-26-13-22-12-24-26/h6-7,9,12-13,16H,3-5,10-11H2,1-2H3. The van der Waals surface area contributed by atoms with E-state index in [2.05, 4.69) is 52.0 Å². The van der Waals surface area contributed by atoms with Gasteiger partial charge in [-0.3, -0.25) is 9.67 Å². The molecule has 1 unspecified atom stereocenters. The summed E-state index contributed by atoms with van der Waals surface area (Å²) in [5.41, 5.74) is 5.03. The maximum atomic E-state index is 9.68. The summed E-state index contributed by atoms with van der Waals surface area (Å²) in [5.74, 6) is 0.492. The van der Waals surface area contributed by atoms with Crippen LogP contribution in [0.5, 0.6) is 0 Å². The van der Waals surface area contributed by atoms with Crippen LogP contribution in [-0.4, -0.2) is 32.8 Å². The van der Waals surface area contributed by atoms with Crippen molar-refractivity contribution < 1.29 is 0 Å². The smallest absolute Gasteiger partial charge is 0.137 e. The maximum absolute atomic E-state index is 9.68. The predicted molar refractivity (Wildman–Crippen MR) is 101 cm³/mol. The van der Waals surface area contributed by atoms with E-state index in [-0.39, 0.29) is 0 Å². The Morgan fingerprint density at radius 3 is 2.96 bits per heavy atom. The molecule has 0 radical (unpaired) electrons. The van der Waals surface area contributed by atoms with E-state index < -0.39 is 0 Å². The number of aryl methyl sites for hydroxylation is 2. The summed E-state index contributed by atoms with van der Waals surface area (Å²) < 4.78 is 1.90. The van der Waals surface area contributed by atoms with Gasteiger partial charge in [0.15, 0.2) is 0 Å². The van der Waals surface area contributed by atoms with Gasteiger partial charge in [-0.15, -0.1) is 0 Å². The van der Waals surface area contributed by atoms with Crippen LogP contribution in [-0.2, 0) is 6.54 Å². The van der Waals surface area contributed by atoms with E-state index in [0.29, 0.717) is 11.5 Å². The van der Waals surface area contributed by atoms with Crippen LogP contribution in [0.15, 0.2) is 31.0 Å². The van der Waals surface area contributed by atoms with Crippen LogP contribution in [0.4, 0.5) is 5.69 Å². The normalized spacial score (nSPS) is 17.4. The molecular formula is C20H22N6. The lowest BCUT2D eigenvalue weighted by atomic mass is 9.95. The lowest BCUT2D eigenvalue weighted by Gasteiger charge is -2.35. The van der Waals surface area contributed by atoms with Crippen LogP contribution in [0, 0.1) is 31.1 Å². The highest BCUT2D eigenvalue weighted by molar-refractivity contribution is 5.96. The molecular weight excluding hydrogens is 324 g/mol. The molecule has 0 amide bonds. The summed E-state index contributed by atoms with van der Waals surface area (Å²) in [4.78, 5) is 11.0. The zero-order valence-electron chi connectivity index (χ0n) is 15.2. The van der Waals surface area contributed by atoms with Crippen LogP contribution < -0.4 is 4.90 Å². The van der Waals surface area contributed by atoms with Crippen LogP contribution in [0.2, 0.25) is 0 Å². The minimum Gasteiger partial charge on any atom is -0.370 e. The first kappa shape index (κ1) is 16.5. The number of aromatic nitrogens is 4. The second-order valence-corrected chi connectivity index (χ2v) is 7.18. The number of piperidine rings is 1. The Balaban J connectivity index is 1.74. The molecule has 0 saturated carbocycles. The second-order valence-electron chi connectivity index (χ2n) is 7.18. The number of rotatable bonds is 3. The van der Waals surface area contributed by atoms with Crippen LogP contribution >= 0.6 is 0 Å². The lowest BCUT2D eigenvalue weighted by molar-refractivity contribution is 0.352. The van der Waals surface area contributed by atoms with Gasteiger partial charge in [0.2, 0.25) is 0 Å². The van der Waals surface area contributed by atoms with Crippen molar-refractivity contribution in [3.05, 3.63) is 47.7 Å². The minimum atomic E-state index is 0.492. The molecule has 26 heavy (non-hydrogen) atoms. The van der Waals surface area contributed by atoms with Gasteiger partial charge in [0.05, 0.1) is 16.8 Å². The van der Waals surface area contributed by atoms with Gasteiger partial charge in [-0.1, -0.05) is 11.6 Å². The summed E-state index contributed by atoms with van der Waals surface area (Å²) in [7, 11) is 0. The SMILES string of the molecule is Cc1cc(C)c2ncc(C#N)c(N3CCCC(Cn4cncn4)C3)c2c1. The molecule has 1 atom stereocenters. The maximum Gasteiger partial charge on any atom is 0.137 e. The molecule has 1 fully saturated rings. The highest BCUT2D eigenvalue weighted by Gasteiger charge is 2.24. The van der Waals surface area contributed by atoms with Crippen molar-refractivity contribution in [2.75, 3.05) is 18.0 Å². The van der Waals surface area contributed by atoms with Crippen molar-refractivity contribution in [3.63, 3.8) is 0 Å². The molecule has 4 rings (SSSR count). The zero-order chi connectivity index (χ0) is 18.1. The Morgan fingerprint density at radius 2 is 2.19 bits per heavy atom. The van der Waals surface area contributed by atoms with Gasteiger partial charge in [-0.2, -0.15) is 10.4 Å². The first-order valence-corrected chi connectivity index (χ1v) is 9.03. The highest BCUT2D eigenvalue weighted by Crippen LogP contribution is 2.34. The monoisotopic (exact) mass is 346 g/mol. The summed E-state index contributed by atoms with van der Waals surface area (Å²) in [5, 5.41) is 15.0. The van der Waals surface area contributed by atoms with Crippen LogP contribution in [0.25, 0.3) is 10.9 Å². The molecule has 6 heteroatoms. The minimum absolute atomic E-state index is 0.492. The third-order valence-electron chi connectivity index (χ3n) is 5.15. The van der Waals surface area contributed by atoms with Crippen molar-refractivity contribution in [1.82, 2.24) is 19.7 Å². The van der Waals surface area contributed by atoms with E-state index in [1.807, 2.05) is 4.68 Å². The molecule has 1 aromatic carbocycles. The fourth-order valence-electron chi connectivity index (χ4n) is 4.08. The number of hydrogen-bond donors (Lipinski definition) is 0. The molecule has 6 nitrogen and oxygen atoms in total. The fourth-order valence-corrected chi connectivity index (χ4v) is 4.08. The van der Waals surface area contributed by atoms with Gasteiger partial charge in [0, 0.05) is 31.2 Å². The fraction of sp³-hybridized carbons (Fsp3) is 0.400. The molecule has 0 spiro atoms. The van der Waals surface area contributed by atoms with Crippen molar-refractivity contribution in [3.8, 4) is 6.07 Å². The van der Waals surface area contributed by atoms with Crippen molar-refractivity contribution >= 4 is 16.6 Å². The number of anilines is 1. The topological polar surface area (TPSA) is 70.6 Å². The third-order valence-corrected chi connectivity index (χ3v) is 5.15. The molecule has 0 N–H and O–H groups in total. The number of benzene rings is 1. The van der Waals surface area contributed by atoms with Gasteiger partial charge in [-0.05, 0) is 44.2 Å². The van der Waals surface area contributed by atoms with Gasteiger partial charge in [0.1, 0.15) is 18.7 Å². The number of nitriles is 1. The summed E-state index contributed by atoms with van der Waals surface area (Å²) in [6.45, 7) is 6.93. The number of pyridine rings is 1. The number of nitrogens with zero attached hydrogens (tertiary/aromatic N) is 6. The summed E-state index contributed by atoms with van der Waals surface area (Å²) >= 11 is 0. The summed E-state index contributed by atoms with van der Waals surface area (Å²) in [6.07, 6.45) is 7.35. The molecule has 0 aliphatic carbocycles. The summed E-state index contributed by atoms with van der Waals surface area (Å²) in [6, 6.07) is 6.66. The largest absolute Gasteiger partial charge is 0.370 e. The van der Waals surface area contributed by atoms with Gasteiger partial charge >= 0.3 is 0 Å². The Labute approximate surface area is 153 Å². The second kappa shape index (κ2) is 6.75. The average molecular weight is 346 g/mol. The zero-order valence-corrected chi connectivity index (χ0v) is 15.2. The lowest BCUT2D eigenvalue weighted by Crippen LogP contribution is -2.37. The van der Waals surface area contributed by atoms with E-state index in [9.17, 15) is 5.26 Å². The van der Waals surface area contributed by atoms with Crippen molar-refractivity contribution in [2.45, 2.75) is 33.2 Å². The van der Waals surface area contributed by atoms with E-state index in [1.165, 1.54) is 12.0 Å². The van der Waals surface area contributed by atoms with E-state index >= 15 is 0 Å². The molecule has 0 bridgehead atoms. The molecule has 1 aliphatic heterocycles. The van der Waals surface area contributed by atoms with E-state index in [1.54, 1.807) is 18.9 Å². The van der Waals surface area contributed by atoms with Crippen molar-refractivity contribution in [1.29, 1.82) is 5.26 Å². The average Bonchev–Trinajstić information content (AvgIpc) is 3.13. The third kappa shape index (κ3) is 3.01. The van der Waals surface area contributed by atoms with Crippen LogP contribution in [0.3, 0.4) is 0 Å². The first-order valence-electron chi connectivity index (χ1n) is 9.03. The predicted octanol–water partition coefficient (Wildman–Crippen LogP) is 3.23. The Kier molecular flexibility index (Phi) is 4.29. The molecule has 2 aromatic heterocycles. The Bertz CT molecular complexity index is 970. The molecule has 132 valence electrons. The molecule has 3 aromatic rings. The number of hydrogen-bond acceptors (Lipinski definition) is 5. The van der Waals surface area contributed by atoms with Crippen molar-refractivity contribution in [2.24, 2.45) is 5.92 Å².